The van der Waals surface area contributed by atoms with E-state index < -0.39 is 0 Å². The second kappa shape index (κ2) is 10.5. The Bertz CT molecular complexity index is 1020. The highest BCUT2D eigenvalue weighted by Gasteiger charge is 2.27. The standard InChI is InChI=1S/C26H33N5O/c1-2-3-16-32-26-29-24-21(20(18-27)17-22(24)25(28)30-26)12-5-4-8-14-31-15-9-11-19-10-6-7-13-23(19)31/h6-7,10,13H,2-5,8-9,11-12,14-17H2,1H3,(H2,28,29,30). The lowest BCUT2D eigenvalue weighted by Crippen LogP contribution is -2.30. The molecule has 6 nitrogen and oxygen atoms in total. The van der Waals surface area contributed by atoms with Gasteiger partial charge in [-0.25, -0.2) is 0 Å². The van der Waals surface area contributed by atoms with Crippen LogP contribution in [0.2, 0.25) is 0 Å². The maximum absolute atomic E-state index is 9.67. The van der Waals surface area contributed by atoms with Gasteiger partial charge in [0.05, 0.1) is 18.4 Å². The van der Waals surface area contributed by atoms with Gasteiger partial charge in [0.2, 0.25) is 0 Å². The summed E-state index contributed by atoms with van der Waals surface area (Å²) in [5, 5.41) is 9.67. The van der Waals surface area contributed by atoms with E-state index in [0.717, 1.165) is 74.0 Å². The molecule has 1 aliphatic carbocycles. The van der Waals surface area contributed by atoms with E-state index in [2.05, 4.69) is 52.1 Å². The third kappa shape index (κ3) is 4.88. The number of anilines is 2. The van der Waals surface area contributed by atoms with Gasteiger partial charge in [-0.2, -0.15) is 15.2 Å². The first-order chi connectivity index (χ1) is 15.7. The second-order valence-corrected chi connectivity index (χ2v) is 8.70. The number of allylic oxidation sites excluding steroid dienone is 2. The monoisotopic (exact) mass is 431 g/mol. The summed E-state index contributed by atoms with van der Waals surface area (Å²) < 4.78 is 5.70. The van der Waals surface area contributed by atoms with Crippen molar-refractivity contribution in [3.8, 4) is 12.1 Å². The van der Waals surface area contributed by atoms with Gasteiger partial charge in [0.15, 0.2) is 0 Å². The predicted octanol–water partition coefficient (Wildman–Crippen LogP) is 5.08. The highest BCUT2D eigenvalue weighted by Crippen LogP contribution is 2.38. The molecule has 0 unspecified atom stereocenters. The zero-order chi connectivity index (χ0) is 22.3. The summed E-state index contributed by atoms with van der Waals surface area (Å²) in [7, 11) is 0. The summed E-state index contributed by atoms with van der Waals surface area (Å²) in [6.07, 6.45) is 9.10. The van der Waals surface area contributed by atoms with Crippen LogP contribution in [0, 0.1) is 11.3 Å². The van der Waals surface area contributed by atoms with Crippen molar-refractivity contribution in [3.05, 3.63) is 46.7 Å². The highest BCUT2D eigenvalue weighted by atomic mass is 16.5. The van der Waals surface area contributed by atoms with E-state index in [0.29, 0.717) is 24.9 Å². The van der Waals surface area contributed by atoms with Gasteiger partial charge in [-0.1, -0.05) is 38.0 Å². The molecule has 1 aromatic carbocycles. The van der Waals surface area contributed by atoms with Gasteiger partial charge >= 0.3 is 6.01 Å². The van der Waals surface area contributed by atoms with Gasteiger partial charge in [0.1, 0.15) is 5.82 Å². The fourth-order valence-electron chi connectivity index (χ4n) is 4.70. The maximum atomic E-state index is 9.67. The summed E-state index contributed by atoms with van der Waals surface area (Å²) in [5.74, 6) is 0.438. The SMILES string of the molecule is CCCCOc1nc(N)c2c(n1)C(CCCCCN1CCCc3ccccc31)=C(C#N)C2. The van der Waals surface area contributed by atoms with Crippen molar-refractivity contribution in [1.29, 1.82) is 5.26 Å². The van der Waals surface area contributed by atoms with E-state index in [-0.39, 0.29) is 0 Å². The van der Waals surface area contributed by atoms with E-state index in [1.165, 1.54) is 24.1 Å². The quantitative estimate of drug-likeness (QED) is 0.528. The van der Waals surface area contributed by atoms with Crippen LogP contribution in [0.25, 0.3) is 5.57 Å². The van der Waals surface area contributed by atoms with Crippen LogP contribution in [0.1, 0.15) is 68.7 Å². The van der Waals surface area contributed by atoms with Crippen molar-refractivity contribution in [2.45, 2.75) is 64.7 Å². The molecule has 32 heavy (non-hydrogen) atoms. The number of aryl methyl sites for hydroxylation is 1. The number of nitriles is 1. The minimum Gasteiger partial charge on any atom is -0.463 e. The number of aromatic nitrogens is 2. The molecule has 0 amide bonds. The molecule has 2 aromatic rings. The molecule has 2 N–H and O–H groups in total. The molecule has 0 saturated carbocycles. The van der Waals surface area contributed by atoms with Crippen LogP contribution in [0.3, 0.4) is 0 Å². The lowest BCUT2D eigenvalue weighted by molar-refractivity contribution is 0.285. The van der Waals surface area contributed by atoms with Gasteiger partial charge in [-0.05, 0) is 55.7 Å². The summed E-state index contributed by atoms with van der Waals surface area (Å²) in [6.45, 7) is 4.93. The van der Waals surface area contributed by atoms with Crippen LogP contribution in [-0.4, -0.2) is 29.7 Å². The number of nitrogens with zero attached hydrogens (tertiary/aromatic N) is 4. The van der Waals surface area contributed by atoms with Gasteiger partial charge < -0.3 is 15.4 Å². The minimum absolute atomic E-state index is 0.329. The molecule has 0 saturated heterocycles. The lowest BCUT2D eigenvalue weighted by Gasteiger charge is -2.31. The number of hydrogen-bond donors (Lipinski definition) is 1. The van der Waals surface area contributed by atoms with Gasteiger partial charge in [0.25, 0.3) is 0 Å². The Balaban J connectivity index is 1.34. The van der Waals surface area contributed by atoms with Crippen molar-refractivity contribution in [3.63, 3.8) is 0 Å². The smallest absolute Gasteiger partial charge is 0.318 e. The number of para-hydroxylation sites is 1. The van der Waals surface area contributed by atoms with Crippen molar-refractivity contribution < 1.29 is 4.74 Å². The van der Waals surface area contributed by atoms with Crippen LogP contribution >= 0.6 is 0 Å². The van der Waals surface area contributed by atoms with Crippen LogP contribution in [0.5, 0.6) is 6.01 Å². The molecular weight excluding hydrogens is 398 g/mol. The summed E-state index contributed by atoms with van der Waals surface area (Å²) in [5.41, 5.74) is 12.6. The molecule has 6 heteroatoms. The first-order valence-electron chi connectivity index (χ1n) is 12.0. The van der Waals surface area contributed by atoms with Crippen molar-refractivity contribution in [1.82, 2.24) is 9.97 Å². The molecule has 0 bridgehead atoms. The van der Waals surface area contributed by atoms with Gasteiger partial charge in [0, 0.05) is 36.3 Å². The van der Waals surface area contributed by atoms with E-state index in [9.17, 15) is 5.26 Å². The average molecular weight is 432 g/mol. The molecule has 0 fully saturated rings. The van der Waals surface area contributed by atoms with Crippen LogP contribution in [-0.2, 0) is 12.8 Å². The molecule has 2 heterocycles. The topological polar surface area (TPSA) is 88.1 Å². The number of unbranched alkanes of at least 4 members (excludes halogenated alkanes) is 3. The molecule has 1 aliphatic heterocycles. The molecule has 0 spiro atoms. The number of benzene rings is 1. The van der Waals surface area contributed by atoms with Crippen molar-refractivity contribution in [2.24, 2.45) is 0 Å². The maximum Gasteiger partial charge on any atom is 0.318 e. The predicted molar refractivity (Wildman–Crippen MR) is 129 cm³/mol. The third-order valence-corrected chi connectivity index (χ3v) is 6.45. The van der Waals surface area contributed by atoms with E-state index in [1.807, 2.05) is 0 Å². The van der Waals surface area contributed by atoms with E-state index in [1.54, 1.807) is 0 Å². The van der Waals surface area contributed by atoms with E-state index in [4.69, 9.17) is 10.5 Å². The Morgan fingerprint density at radius 2 is 2.03 bits per heavy atom. The number of nitrogens with two attached hydrogens (primary N) is 1. The van der Waals surface area contributed by atoms with Crippen molar-refractivity contribution in [2.75, 3.05) is 30.3 Å². The third-order valence-electron chi connectivity index (χ3n) is 6.45. The zero-order valence-electron chi connectivity index (χ0n) is 19.1. The Kier molecular flexibility index (Phi) is 7.26. The molecule has 168 valence electrons. The molecule has 4 rings (SSSR count). The van der Waals surface area contributed by atoms with E-state index >= 15 is 0 Å². The Morgan fingerprint density at radius 3 is 2.88 bits per heavy atom. The molecule has 0 atom stereocenters. The summed E-state index contributed by atoms with van der Waals surface area (Å²) in [6, 6.07) is 11.5. The Morgan fingerprint density at radius 1 is 1.16 bits per heavy atom. The number of hydrogen-bond acceptors (Lipinski definition) is 6. The number of fused-ring (bicyclic) bond motifs is 2. The van der Waals surface area contributed by atoms with Gasteiger partial charge in [-0.3, -0.25) is 0 Å². The first-order valence-corrected chi connectivity index (χ1v) is 12.0. The largest absolute Gasteiger partial charge is 0.463 e. The second-order valence-electron chi connectivity index (χ2n) is 8.70. The molecule has 0 radical (unpaired) electrons. The number of ether oxygens (including phenoxy) is 1. The van der Waals surface area contributed by atoms with Crippen molar-refractivity contribution >= 4 is 17.1 Å². The lowest BCUT2D eigenvalue weighted by atomic mass is 10.0. The van der Waals surface area contributed by atoms with Crippen LogP contribution < -0.4 is 15.4 Å². The minimum atomic E-state index is 0.329. The molecule has 1 aromatic heterocycles. The fourth-order valence-corrected chi connectivity index (χ4v) is 4.70. The summed E-state index contributed by atoms with van der Waals surface area (Å²) in [4.78, 5) is 11.5. The highest BCUT2D eigenvalue weighted by molar-refractivity contribution is 5.79. The van der Waals surface area contributed by atoms with Crippen LogP contribution in [0.4, 0.5) is 11.5 Å². The van der Waals surface area contributed by atoms with Crippen LogP contribution in [0.15, 0.2) is 29.8 Å². The number of nitrogen functional groups attached to an aromatic ring is 1. The summed E-state index contributed by atoms with van der Waals surface area (Å²) >= 11 is 0. The first kappa shape index (κ1) is 22.1. The Labute approximate surface area is 191 Å². The van der Waals surface area contributed by atoms with Gasteiger partial charge in [-0.15, -0.1) is 0 Å². The zero-order valence-corrected chi connectivity index (χ0v) is 19.1. The number of rotatable bonds is 10. The normalized spacial score (nSPS) is 14.8. The Hall–Kier alpha value is -3.07. The molecule has 2 aliphatic rings. The average Bonchev–Trinajstić information content (AvgIpc) is 3.17. The fraction of sp³-hybridized carbons (Fsp3) is 0.500. The molecular formula is C26H33N5O.